The number of rotatable bonds is 3. The highest BCUT2D eigenvalue weighted by molar-refractivity contribution is 9.10. The van der Waals surface area contributed by atoms with E-state index in [2.05, 4.69) is 34.3 Å². The summed E-state index contributed by atoms with van der Waals surface area (Å²) in [5, 5.41) is 2.15. The summed E-state index contributed by atoms with van der Waals surface area (Å²) in [5.41, 5.74) is 6.62. The third-order valence-electron chi connectivity index (χ3n) is 3.71. The first-order valence-corrected chi connectivity index (χ1v) is 7.80. The first-order valence-electron chi connectivity index (χ1n) is 6.13. The largest absolute Gasteiger partial charge is 0.325 e. The minimum Gasteiger partial charge on any atom is -0.325 e. The summed E-state index contributed by atoms with van der Waals surface area (Å²) in [6, 6.07) is 2.22. The van der Waals surface area contributed by atoms with Crippen LogP contribution in [-0.4, -0.2) is 5.54 Å². The van der Waals surface area contributed by atoms with Crippen molar-refractivity contribution in [1.82, 2.24) is 0 Å². The Morgan fingerprint density at radius 3 is 3.06 bits per heavy atom. The van der Waals surface area contributed by atoms with E-state index in [9.17, 15) is 0 Å². The number of nitrogens with two attached hydrogens (primary N) is 1. The van der Waals surface area contributed by atoms with E-state index in [1.807, 2.05) is 11.3 Å². The second-order valence-corrected chi connectivity index (χ2v) is 7.05. The van der Waals surface area contributed by atoms with Gasteiger partial charge in [-0.05, 0) is 47.2 Å². The summed E-state index contributed by atoms with van der Waals surface area (Å²) in [6.45, 7) is 2.29. The van der Waals surface area contributed by atoms with Crippen LogP contribution in [0.4, 0.5) is 0 Å². The lowest BCUT2D eigenvalue weighted by Gasteiger charge is -2.37. The van der Waals surface area contributed by atoms with E-state index in [0.717, 1.165) is 12.3 Å². The summed E-state index contributed by atoms with van der Waals surface area (Å²) in [5.74, 6) is 0.849. The Balaban J connectivity index is 2.01. The fraction of sp³-hybridized carbons (Fsp3) is 0.692. The zero-order valence-corrected chi connectivity index (χ0v) is 12.2. The van der Waals surface area contributed by atoms with Gasteiger partial charge in [0.2, 0.25) is 0 Å². The summed E-state index contributed by atoms with van der Waals surface area (Å²) in [6.07, 6.45) is 7.43. The van der Waals surface area contributed by atoms with E-state index in [1.165, 1.54) is 41.5 Å². The van der Waals surface area contributed by atoms with Gasteiger partial charge in [0.05, 0.1) is 0 Å². The van der Waals surface area contributed by atoms with Crippen LogP contribution in [0.3, 0.4) is 0 Å². The molecule has 1 nitrogen and oxygen atoms in total. The van der Waals surface area contributed by atoms with Gasteiger partial charge in [0, 0.05) is 20.3 Å². The number of halogens is 1. The molecule has 0 spiro atoms. The smallest absolute Gasteiger partial charge is 0.0285 e. The standard InChI is InChI=1S/C13H20BrNS/c1-2-10-4-3-5-13(15,7-10)8-12-6-11(14)9-16-12/h6,9-10H,2-5,7-8,15H2,1H3. The van der Waals surface area contributed by atoms with Crippen molar-refractivity contribution in [3.8, 4) is 0 Å². The highest BCUT2D eigenvalue weighted by Crippen LogP contribution is 2.36. The van der Waals surface area contributed by atoms with E-state index >= 15 is 0 Å². The van der Waals surface area contributed by atoms with E-state index in [0.29, 0.717) is 0 Å². The molecule has 3 heteroatoms. The normalized spacial score (nSPS) is 30.6. The first kappa shape index (κ1) is 12.6. The third kappa shape index (κ3) is 3.08. The molecular weight excluding hydrogens is 282 g/mol. The van der Waals surface area contributed by atoms with Gasteiger partial charge < -0.3 is 5.73 Å². The Morgan fingerprint density at radius 1 is 1.62 bits per heavy atom. The van der Waals surface area contributed by atoms with Crippen molar-refractivity contribution in [2.24, 2.45) is 11.7 Å². The lowest BCUT2D eigenvalue weighted by Crippen LogP contribution is -2.46. The van der Waals surface area contributed by atoms with Gasteiger partial charge in [0.25, 0.3) is 0 Å². The third-order valence-corrected chi connectivity index (χ3v) is 5.41. The lowest BCUT2D eigenvalue weighted by atomic mass is 9.73. The van der Waals surface area contributed by atoms with Gasteiger partial charge in [-0.3, -0.25) is 0 Å². The molecule has 1 fully saturated rings. The quantitative estimate of drug-likeness (QED) is 0.882. The van der Waals surface area contributed by atoms with Gasteiger partial charge in [0.15, 0.2) is 0 Å². The molecule has 0 amide bonds. The van der Waals surface area contributed by atoms with E-state index in [1.54, 1.807) is 0 Å². The Kier molecular flexibility index (Phi) is 4.09. The van der Waals surface area contributed by atoms with Crippen LogP contribution in [0.1, 0.15) is 43.9 Å². The fourth-order valence-corrected chi connectivity index (χ4v) is 4.43. The number of hydrogen-bond donors (Lipinski definition) is 1. The summed E-state index contributed by atoms with van der Waals surface area (Å²) < 4.78 is 1.19. The van der Waals surface area contributed by atoms with Gasteiger partial charge in [-0.1, -0.05) is 26.2 Å². The topological polar surface area (TPSA) is 26.0 Å². The van der Waals surface area contributed by atoms with Gasteiger partial charge >= 0.3 is 0 Å². The molecule has 90 valence electrons. The summed E-state index contributed by atoms with van der Waals surface area (Å²) >= 11 is 5.33. The minimum atomic E-state index is 0.0588. The first-order chi connectivity index (χ1) is 7.61. The van der Waals surface area contributed by atoms with Gasteiger partial charge in [-0.25, -0.2) is 0 Å². The van der Waals surface area contributed by atoms with E-state index in [-0.39, 0.29) is 5.54 Å². The Hall–Kier alpha value is 0.140. The van der Waals surface area contributed by atoms with Crippen LogP contribution in [0.15, 0.2) is 15.9 Å². The predicted molar refractivity (Wildman–Crippen MR) is 74.9 cm³/mol. The molecule has 1 aromatic heterocycles. The molecule has 1 saturated carbocycles. The molecule has 2 atom stereocenters. The molecular formula is C13H20BrNS. The van der Waals surface area contributed by atoms with Crippen LogP contribution < -0.4 is 5.73 Å². The van der Waals surface area contributed by atoms with E-state index < -0.39 is 0 Å². The van der Waals surface area contributed by atoms with Crippen LogP contribution >= 0.6 is 27.3 Å². The highest BCUT2D eigenvalue weighted by Gasteiger charge is 2.32. The average molecular weight is 302 g/mol. The molecule has 2 N–H and O–H groups in total. The SMILES string of the molecule is CCC1CCCC(N)(Cc2cc(Br)cs2)C1. The molecule has 0 radical (unpaired) electrons. The van der Waals surface area contributed by atoms with E-state index in [4.69, 9.17) is 5.73 Å². The molecule has 1 heterocycles. The van der Waals surface area contributed by atoms with Crippen molar-refractivity contribution < 1.29 is 0 Å². The predicted octanol–water partition coefficient (Wildman–Crippen LogP) is 4.35. The Bertz CT molecular complexity index is 349. The van der Waals surface area contributed by atoms with Gasteiger partial charge in [-0.15, -0.1) is 11.3 Å². The van der Waals surface area contributed by atoms with Crippen molar-refractivity contribution in [2.45, 2.75) is 51.0 Å². The van der Waals surface area contributed by atoms with Crippen LogP contribution in [-0.2, 0) is 6.42 Å². The van der Waals surface area contributed by atoms with Crippen LogP contribution in [0.25, 0.3) is 0 Å². The zero-order chi connectivity index (χ0) is 11.6. The summed E-state index contributed by atoms with van der Waals surface area (Å²) in [4.78, 5) is 1.42. The van der Waals surface area contributed by atoms with Crippen molar-refractivity contribution in [1.29, 1.82) is 0 Å². The van der Waals surface area contributed by atoms with Gasteiger partial charge in [-0.2, -0.15) is 0 Å². The maximum atomic E-state index is 6.56. The number of hydrogen-bond acceptors (Lipinski definition) is 2. The molecule has 2 unspecified atom stereocenters. The van der Waals surface area contributed by atoms with Crippen molar-refractivity contribution >= 4 is 27.3 Å². The molecule has 16 heavy (non-hydrogen) atoms. The zero-order valence-electron chi connectivity index (χ0n) is 9.84. The second-order valence-electron chi connectivity index (χ2n) is 5.14. The molecule has 2 rings (SSSR count). The summed E-state index contributed by atoms with van der Waals surface area (Å²) in [7, 11) is 0. The minimum absolute atomic E-state index is 0.0588. The number of thiophene rings is 1. The monoisotopic (exact) mass is 301 g/mol. The van der Waals surface area contributed by atoms with Crippen molar-refractivity contribution in [2.75, 3.05) is 0 Å². The average Bonchev–Trinajstić information content (AvgIpc) is 2.63. The van der Waals surface area contributed by atoms with Crippen LogP contribution in [0.5, 0.6) is 0 Å². The molecule has 1 aromatic rings. The Morgan fingerprint density at radius 2 is 2.44 bits per heavy atom. The molecule has 0 saturated heterocycles. The lowest BCUT2D eigenvalue weighted by molar-refractivity contribution is 0.219. The van der Waals surface area contributed by atoms with Crippen molar-refractivity contribution in [3.05, 3.63) is 20.8 Å². The highest BCUT2D eigenvalue weighted by atomic mass is 79.9. The molecule has 0 aliphatic heterocycles. The van der Waals surface area contributed by atoms with Gasteiger partial charge in [0.1, 0.15) is 0 Å². The molecule has 0 bridgehead atoms. The molecule has 1 aliphatic rings. The van der Waals surface area contributed by atoms with Crippen LogP contribution in [0, 0.1) is 5.92 Å². The van der Waals surface area contributed by atoms with Crippen molar-refractivity contribution in [3.63, 3.8) is 0 Å². The molecule has 1 aliphatic carbocycles. The fourth-order valence-electron chi connectivity index (χ4n) is 2.82. The molecule has 0 aromatic carbocycles. The maximum Gasteiger partial charge on any atom is 0.0285 e. The maximum absolute atomic E-state index is 6.56. The van der Waals surface area contributed by atoms with Crippen LogP contribution in [0.2, 0.25) is 0 Å². The Labute approximate surface area is 111 Å². The second kappa shape index (κ2) is 5.19.